The van der Waals surface area contributed by atoms with Crippen molar-refractivity contribution in [2.24, 2.45) is 0 Å². The van der Waals surface area contributed by atoms with Crippen LogP contribution in [0.2, 0.25) is 0 Å². The summed E-state index contributed by atoms with van der Waals surface area (Å²) in [5.41, 5.74) is 8.54. The van der Waals surface area contributed by atoms with E-state index in [2.05, 4.69) is 79.6 Å². The molecule has 0 fully saturated rings. The number of hydrogen-bond acceptors (Lipinski definition) is 5. The van der Waals surface area contributed by atoms with Crippen LogP contribution in [0.1, 0.15) is 19.5 Å². The van der Waals surface area contributed by atoms with Crippen LogP contribution in [0.3, 0.4) is 0 Å². The van der Waals surface area contributed by atoms with Crippen molar-refractivity contribution in [1.29, 1.82) is 0 Å². The first kappa shape index (κ1) is 20.2. The number of H-pyrrole nitrogens is 2. The highest BCUT2D eigenvalue weighted by atomic mass is 15.1. The molecule has 5 heterocycles. The van der Waals surface area contributed by atoms with Crippen LogP contribution in [0.15, 0.2) is 67.5 Å². The smallest absolute Gasteiger partial charge is 0.116 e. The SMILES string of the molecule is Cc1cn(-c2cccc3[nH]c(-c4n[nH]c5cnc(-c6cncc(NC(C)C)c6)cc45)cc23)cn1. The Hall–Kier alpha value is -4.46. The number of fused-ring (bicyclic) bond motifs is 2. The fraction of sp³-hybridized carbons (Fsp3) is 0.154. The minimum absolute atomic E-state index is 0.325. The van der Waals surface area contributed by atoms with Crippen molar-refractivity contribution in [1.82, 2.24) is 34.7 Å². The Morgan fingerprint density at radius 3 is 2.71 bits per heavy atom. The third-order valence-corrected chi connectivity index (χ3v) is 5.82. The van der Waals surface area contributed by atoms with Crippen LogP contribution in [0, 0.1) is 6.92 Å². The summed E-state index contributed by atoms with van der Waals surface area (Å²) in [5, 5.41) is 13.2. The third kappa shape index (κ3) is 3.49. The van der Waals surface area contributed by atoms with Gasteiger partial charge in [-0.1, -0.05) is 6.07 Å². The van der Waals surface area contributed by atoms with Gasteiger partial charge in [-0.3, -0.25) is 15.1 Å². The molecular formula is C26H24N8. The number of hydrogen-bond donors (Lipinski definition) is 3. The van der Waals surface area contributed by atoms with Crippen molar-refractivity contribution in [3.05, 3.63) is 73.2 Å². The van der Waals surface area contributed by atoms with E-state index in [1.807, 2.05) is 48.7 Å². The summed E-state index contributed by atoms with van der Waals surface area (Å²) in [6.45, 7) is 6.20. The van der Waals surface area contributed by atoms with Crippen LogP contribution in [0.5, 0.6) is 0 Å². The van der Waals surface area contributed by atoms with E-state index in [0.29, 0.717) is 6.04 Å². The van der Waals surface area contributed by atoms with Crippen molar-refractivity contribution in [2.75, 3.05) is 5.32 Å². The van der Waals surface area contributed by atoms with E-state index in [4.69, 9.17) is 0 Å². The number of rotatable bonds is 5. The number of aromatic amines is 2. The molecule has 0 unspecified atom stereocenters. The molecule has 6 aromatic rings. The average molecular weight is 449 g/mol. The van der Waals surface area contributed by atoms with Gasteiger partial charge in [-0.25, -0.2) is 4.98 Å². The lowest BCUT2D eigenvalue weighted by Crippen LogP contribution is -2.09. The van der Waals surface area contributed by atoms with Gasteiger partial charge in [0.25, 0.3) is 0 Å². The van der Waals surface area contributed by atoms with Gasteiger partial charge in [-0.2, -0.15) is 5.10 Å². The Morgan fingerprint density at radius 2 is 1.88 bits per heavy atom. The standard InChI is InChI=1S/C26H24N8/c1-15(2)30-18-7-17(10-27-11-18)22-9-20-24(12-28-22)32-33-26(20)23-8-19-21(31-23)5-4-6-25(19)34-13-16(3)29-14-34/h4-15,30-31H,1-3H3,(H,32,33). The zero-order valence-corrected chi connectivity index (χ0v) is 19.2. The fourth-order valence-corrected chi connectivity index (χ4v) is 4.32. The third-order valence-electron chi connectivity index (χ3n) is 5.82. The molecule has 8 heteroatoms. The predicted molar refractivity (Wildman–Crippen MR) is 135 cm³/mol. The molecule has 0 aliphatic heterocycles. The van der Waals surface area contributed by atoms with Gasteiger partial charge < -0.3 is 14.9 Å². The summed E-state index contributed by atoms with van der Waals surface area (Å²) in [5.74, 6) is 0. The number of benzene rings is 1. The summed E-state index contributed by atoms with van der Waals surface area (Å²) >= 11 is 0. The molecule has 0 amide bonds. The highest BCUT2D eigenvalue weighted by Gasteiger charge is 2.15. The van der Waals surface area contributed by atoms with Crippen LogP contribution in [-0.4, -0.2) is 40.7 Å². The van der Waals surface area contributed by atoms with Crippen LogP contribution in [-0.2, 0) is 0 Å². The van der Waals surface area contributed by atoms with Gasteiger partial charge >= 0.3 is 0 Å². The van der Waals surface area contributed by atoms with Gasteiger partial charge in [0.2, 0.25) is 0 Å². The van der Waals surface area contributed by atoms with Gasteiger partial charge in [0.1, 0.15) is 5.69 Å². The van der Waals surface area contributed by atoms with Crippen LogP contribution < -0.4 is 5.32 Å². The molecule has 5 aromatic heterocycles. The second kappa shape index (κ2) is 7.84. The molecule has 0 aliphatic carbocycles. The summed E-state index contributed by atoms with van der Waals surface area (Å²) in [6, 6.07) is 12.8. The molecule has 6 rings (SSSR count). The number of aryl methyl sites for hydroxylation is 1. The van der Waals surface area contributed by atoms with E-state index in [1.54, 1.807) is 0 Å². The summed E-state index contributed by atoms with van der Waals surface area (Å²) in [4.78, 5) is 17.0. The van der Waals surface area contributed by atoms with E-state index < -0.39 is 0 Å². The highest BCUT2D eigenvalue weighted by Crippen LogP contribution is 2.33. The molecule has 168 valence electrons. The van der Waals surface area contributed by atoms with Crippen molar-refractivity contribution >= 4 is 27.5 Å². The molecule has 34 heavy (non-hydrogen) atoms. The molecule has 8 nitrogen and oxygen atoms in total. The zero-order chi connectivity index (χ0) is 23.2. The monoisotopic (exact) mass is 448 g/mol. The lowest BCUT2D eigenvalue weighted by atomic mass is 10.1. The molecule has 0 saturated heterocycles. The molecule has 3 N–H and O–H groups in total. The summed E-state index contributed by atoms with van der Waals surface area (Å²) in [6.07, 6.45) is 9.36. The molecule has 0 atom stereocenters. The number of nitrogens with one attached hydrogen (secondary N) is 3. The minimum atomic E-state index is 0.325. The van der Waals surface area contributed by atoms with E-state index in [0.717, 1.165) is 61.5 Å². The maximum absolute atomic E-state index is 4.64. The fourth-order valence-electron chi connectivity index (χ4n) is 4.32. The molecular weight excluding hydrogens is 424 g/mol. The molecule has 0 aliphatic rings. The van der Waals surface area contributed by atoms with Gasteiger partial charge in [0, 0.05) is 46.5 Å². The normalized spacial score (nSPS) is 11.6. The maximum Gasteiger partial charge on any atom is 0.116 e. The summed E-state index contributed by atoms with van der Waals surface area (Å²) in [7, 11) is 0. The van der Waals surface area contributed by atoms with Crippen molar-refractivity contribution in [3.8, 4) is 28.3 Å². The lowest BCUT2D eigenvalue weighted by molar-refractivity contribution is 0.898. The highest BCUT2D eigenvalue weighted by molar-refractivity contribution is 5.98. The first-order valence-electron chi connectivity index (χ1n) is 11.2. The van der Waals surface area contributed by atoms with E-state index in [1.165, 1.54) is 0 Å². The number of aromatic nitrogens is 7. The second-order valence-electron chi connectivity index (χ2n) is 8.79. The number of pyridine rings is 2. The second-order valence-corrected chi connectivity index (χ2v) is 8.79. The van der Waals surface area contributed by atoms with Crippen LogP contribution in [0.4, 0.5) is 5.69 Å². The van der Waals surface area contributed by atoms with Gasteiger partial charge in [0.05, 0.1) is 46.5 Å². The molecule has 0 radical (unpaired) electrons. The average Bonchev–Trinajstić information content (AvgIpc) is 3.55. The number of nitrogens with zero attached hydrogens (tertiary/aromatic N) is 5. The van der Waals surface area contributed by atoms with Gasteiger partial charge in [0.15, 0.2) is 0 Å². The molecule has 0 spiro atoms. The molecule has 1 aromatic carbocycles. The largest absolute Gasteiger partial charge is 0.382 e. The molecule has 0 saturated carbocycles. The van der Waals surface area contributed by atoms with E-state index >= 15 is 0 Å². The minimum Gasteiger partial charge on any atom is -0.382 e. The van der Waals surface area contributed by atoms with Gasteiger partial charge in [-0.05, 0) is 51.1 Å². The topological polar surface area (TPSA) is 100 Å². The Morgan fingerprint density at radius 1 is 0.971 bits per heavy atom. The first-order chi connectivity index (χ1) is 16.5. The van der Waals surface area contributed by atoms with Crippen LogP contribution >= 0.6 is 0 Å². The zero-order valence-electron chi connectivity index (χ0n) is 19.2. The quantitative estimate of drug-likeness (QED) is 0.324. The first-order valence-corrected chi connectivity index (χ1v) is 11.2. The summed E-state index contributed by atoms with van der Waals surface area (Å²) < 4.78 is 2.05. The Bertz CT molecular complexity index is 1640. The van der Waals surface area contributed by atoms with E-state index in [-0.39, 0.29) is 0 Å². The van der Waals surface area contributed by atoms with Crippen molar-refractivity contribution < 1.29 is 0 Å². The number of imidazole rings is 1. The van der Waals surface area contributed by atoms with E-state index in [9.17, 15) is 0 Å². The van der Waals surface area contributed by atoms with Crippen molar-refractivity contribution in [3.63, 3.8) is 0 Å². The van der Waals surface area contributed by atoms with Crippen LogP contribution in [0.25, 0.3) is 50.1 Å². The predicted octanol–water partition coefficient (Wildman–Crippen LogP) is 5.48. The molecule has 0 bridgehead atoms. The Labute approximate surface area is 196 Å². The Balaban J connectivity index is 1.45. The Kier molecular flexibility index (Phi) is 4.65. The number of anilines is 1. The lowest BCUT2D eigenvalue weighted by Gasteiger charge is -2.10. The maximum atomic E-state index is 4.64. The van der Waals surface area contributed by atoms with Crippen molar-refractivity contribution in [2.45, 2.75) is 26.8 Å². The van der Waals surface area contributed by atoms with Gasteiger partial charge in [-0.15, -0.1) is 0 Å².